The SMILES string of the molecule is COc1cc2nccc(N[C@H](C)c3cccc(C(F)F)c3F)c2cc1C1CCS(=O)(=NC2CC2)CC1. The summed E-state index contributed by atoms with van der Waals surface area (Å²) in [7, 11) is -0.501. The number of benzene rings is 2. The van der Waals surface area contributed by atoms with E-state index in [1.165, 1.54) is 12.1 Å². The largest absolute Gasteiger partial charge is 0.496 e. The molecule has 1 saturated carbocycles. The first kappa shape index (κ1) is 24.9. The number of aromatic nitrogens is 1. The molecule has 2 heterocycles. The molecule has 3 aromatic rings. The molecule has 1 aliphatic carbocycles. The third kappa shape index (κ3) is 5.03. The van der Waals surface area contributed by atoms with Crippen molar-refractivity contribution in [2.75, 3.05) is 23.9 Å². The highest BCUT2D eigenvalue weighted by atomic mass is 32.2. The number of hydrogen-bond acceptors (Lipinski definition) is 5. The summed E-state index contributed by atoms with van der Waals surface area (Å²) in [5.74, 6) is 1.19. The molecule has 5 rings (SSSR count). The van der Waals surface area contributed by atoms with Crippen molar-refractivity contribution in [3.8, 4) is 5.75 Å². The second kappa shape index (κ2) is 9.92. The number of anilines is 1. The Balaban J connectivity index is 1.46. The molecule has 0 bridgehead atoms. The van der Waals surface area contributed by atoms with E-state index in [1.807, 2.05) is 12.1 Å². The molecule has 1 aromatic heterocycles. The molecule has 2 aromatic carbocycles. The van der Waals surface area contributed by atoms with Crippen molar-refractivity contribution in [2.45, 2.75) is 57.0 Å². The highest BCUT2D eigenvalue weighted by Gasteiger charge is 2.30. The minimum Gasteiger partial charge on any atom is -0.496 e. The van der Waals surface area contributed by atoms with E-state index in [-0.39, 0.29) is 17.5 Å². The van der Waals surface area contributed by atoms with Crippen molar-refractivity contribution < 1.29 is 22.1 Å². The van der Waals surface area contributed by atoms with Crippen LogP contribution in [0.1, 0.15) is 67.7 Å². The van der Waals surface area contributed by atoms with E-state index in [4.69, 9.17) is 4.74 Å². The fraction of sp³-hybridized carbons (Fsp3) is 0.444. The summed E-state index contributed by atoms with van der Waals surface area (Å²) in [6.07, 6.45) is 2.41. The van der Waals surface area contributed by atoms with Crippen LogP contribution in [0.5, 0.6) is 5.75 Å². The van der Waals surface area contributed by atoms with Crippen LogP contribution >= 0.6 is 0 Å². The molecule has 5 nitrogen and oxygen atoms in total. The van der Waals surface area contributed by atoms with Crippen molar-refractivity contribution >= 4 is 26.3 Å². The van der Waals surface area contributed by atoms with Crippen LogP contribution in [0.2, 0.25) is 0 Å². The molecular weight excluding hydrogens is 487 g/mol. The topological polar surface area (TPSA) is 63.6 Å². The molecule has 1 atom stereocenters. The van der Waals surface area contributed by atoms with Gasteiger partial charge in [-0.2, -0.15) is 0 Å². The van der Waals surface area contributed by atoms with Gasteiger partial charge in [-0.3, -0.25) is 4.98 Å². The van der Waals surface area contributed by atoms with Gasteiger partial charge in [-0.05, 0) is 56.2 Å². The van der Waals surface area contributed by atoms with Gasteiger partial charge in [0.15, 0.2) is 0 Å². The maximum absolute atomic E-state index is 14.8. The highest BCUT2D eigenvalue weighted by molar-refractivity contribution is 7.93. The number of nitrogens with one attached hydrogen (secondary N) is 1. The van der Waals surface area contributed by atoms with Gasteiger partial charge in [0.2, 0.25) is 0 Å². The van der Waals surface area contributed by atoms with Gasteiger partial charge in [-0.1, -0.05) is 18.2 Å². The second-order valence-corrected chi connectivity index (χ2v) is 12.3. The van der Waals surface area contributed by atoms with E-state index in [2.05, 4.69) is 14.7 Å². The lowest BCUT2D eigenvalue weighted by Gasteiger charge is -2.27. The molecule has 1 N–H and O–H groups in total. The number of pyridine rings is 1. The Kier molecular flexibility index (Phi) is 6.85. The number of rotatable bonds is 7. The average molecular weight is 518 g/mol. The number of halogens is 3. The summed E-state index contributed by atoms with van der Waals surface area (Å²) in [6, 6.07) is 9.53. The number of methoxy groups -OCH3 is 1. The standard InChI is InChI=1S/C27H30F3N3O2S/c1-16(19-4-3-5-20(26(19)28)27(29)30)32-23-8-11-31-24-15-25(35-2)21(14-22(23)24)17-9-12-36(34,13-10-17)33-18-6-7-18/h3-5,8,11,14-18,27H,6-7,9-10,12-13H2,1-2H3,(H,31,32)/t16-,17?,36?/m1/s1. The lowest BCUT2D eigenvalue weighted by molar-refractivity contribution is 0.146. The quantitative estimate of drug-likeness (QED) is 0.367. The Morgan fingerprint density at radius 2 is 1.83 bits per heavy atom. The summed E-state index contributed by atoms with van der Waals surface area (Å²) < 4.78 is 64.6. The van der Waals surface area contributed by atoms with Crippen LogP contribution in [0.4, 0.5) is 18.9 Å². The molecule has 36 heavy (non-hydrogen) atoms. The zero-order valence-corrected chi connectivity index (χ0v) is 21.2. The number of nitrogens with zero attached hydrogens (tertiary/aromatic N) is 2. The fourth-order valence-corrected chi connectivity index (χ4v) is 7.44. The van der Waals surface area contributed by atoms with Crippen molar-refractivity contribution in [1.29, 1.82) is 0 Å². The zero-order valence-electron chi connectivity index (χ0n) is 20.3. The molecule has 0 unspecified atom stereocenters. The van der Waals surface area contributed by atoms with Gasteiger partial charge < -0.3 is 10.1 Å². The van der Waals surface area contributed by atoms with Crippen molar-refractivity contribution in [3.05, 3.63) is 65.1 Å². The molecule has 0 amide bonds. The van der Waals surface area contributed by atoms with Gasteiger partial charge >= 0.3 is 0 Å². The summed E-state index contributed by atoms with van der Waals surface area (Å²) in [5, 5.41) is 4.12. The maximum Gasteiger partial charge on any atom is 0.266 e. The Labute approximate surface area is 209 Å². The lowest BCUT2D eigenvalue weighted by atomic mass is 9.91. The normalized spacial score (nSPS) is 23.0. The maximum atomic E-state index is 14.8. The van der Waals surface area contributed by atoms with Crippen LogP contribution < -0.4 is 10.1 Å². The van der Waals surface area contributed by atoms with E-state index >= 15 is 0 Å². The highest BCUT2D eigenvalue weighted by Crippen LogP contribution is 2.40. The lowest BCUT2D eigenvalue weighted by Crippen LogP contribution is -2.23. The van der Waals surface area contributed by atoms with Crippen LogP contribution in [0, 0.1) is 5.82 Å². The molecule has 0 spiro atoms. The summed E-state index contributed by atoms with van der Waals surface area (Å²) in [5.41, 5.74) is 2.02. The smallest absolute Gasteiger partial charge is 0.266 e. The van der Waals surface area contributed by atoms with Gasteiger partial charge in [0.05, 0.1) is 30.3 Å². The van der Waals surface area contributed by atoms with E-state index in [9.17, 15) is 17.4 Å². The van der Waals surface area contributed by atoms with Gasteiger partial charge in [-0.15, -0.1) is 0 Å². The molecule has 9 heteroatoms. The van der Waals surface area contributed by atoms with Crippen LogP contribution in [-0.4, -0.2) is 33.9 Å². The molecule has 0 radical (unpaired) electrons. The third-order valence-electron chi connectivity index (χ3n) is 7.12. The third-order valence-corrected chi connectivity index (χ3v) is 9.55. The first-order chi connectivity index (χ1) is 17.3. The molecule has 2 aliphatic rings. The monoisotopic (exact) mass is 517 g/mol. The Morgan fingerprint density at radius 3 is 2.50 bits per heavy atom. The predicted octanol–water partition coefficient (Wildman–Crippen LogP) is 7.00. The van der Waals surface area contributed by atoms with Gasteiger partial charge in [0.1, 0.15) is 11.6 Å². The number of ether oxygens (including phenoxy) is 1. The first-order valence-electron chi connectivity index (χ1n) is 12.3. The molecular formula is C27H30F3N3O2S. The molecule has 1 saturated heterocycles. The first-order valence-corrected chi connectivity index (χ1v) is 14.1. The number of alkyl halides is 2. The van der Waals surface area contributed by atoms with Crippen LogP contribution in [0.25, 0.3) is 10.9 Å². The van der Waals surface area contributed by atoms with Crippen molar-refractivity contribution in [3.63, 3.8) is 0 Å². The van der Waals surface area contributed by atoms with E-state index in [1.54, 1.807) is 26.3 Å². The summed E-state index contributed by atoms with van der Waals surface area (Å²) in [6.45, 7) is 1.74. The number of fused-ring (bicyclic) bond motifs is 1. The molecule has 192 valence electrons. The van der Waals surface area contributed by atoms with Crippen molar-refractivity contribution in [2.24, 2.45) is 4.36 Å². The summed E-state index contributed by atoms with van der Waals surface area (Å²) >= 11 is 0. The van der Waals surface area contributed by atoms with E-state index in [0.717, 1.165) is 54.1 Å². The van der Waals surface area contributed by atoms with Crippen LogP contribution in [-0.2, 0) is 9.73 Å². The van der Waals surface area contributed by atoms with Crippen LogP contribution in [0.15, 0.2) is 47.0 Å². The number of hydrogen-bond donors (Lipinski definition) is 1. The molecule has 2 fully saturated rings. The van der Waals surface area contributed by atoms with Gasteiger partial charge in [-0.25, -0.2) is 21.7 Å². The Morgan fingerprint density at radius 1 is 1.11 bits per heavy atom. The van der Waals surface area contributed by atoms with E-state index in [0.29, 0.717) is 17.0 Å². The van der Waals surface area contributed by atoms with Gasteiger partial charge in [0, 0.05) is 50.1 Å². The minimum absolute atomic E-state index is 0.174. The Hall–Kier alpha value is -2.81. The van der Waals surface area contributed by atoms with E-state index < -0.39 is 33.6 Å². The van der Waals surface area contributed by atoms with Crippen LogP contribution in [0.3, 0.4) is 0 Å². The summed E-state index contributed by atoms with van der Waals surface area (Å²) in [4.78, 5) is 4.48. The molecule has 1 aliphatic heterocycles. The van der Waals surface area contributed by atoms with Crippen molar-refractivity contribution in [1.82, 2.24) is 4.98 Å². The van der Waals surface area contributed by atoms with Gasteiger partial charge in [0.25, 0.3) is 6.43 Å². The second-order valence-electron chi connectivity index (χ2n) is 9.68. The zero-order chi connectivity index (χ0) is 25.4. The predicted molar refractivity (Wildman–Crippen MR) is 137 cm³/mol. The Bertz CT molecular complexity index is 1390. The minimum atomic E-state index is -2.88. The fourth-order valence-electron chi connectivity index (χ4n) is 4.96. The average Bonchev–Trinajstić information content (AvgIpc) is 3.67.